The van der Waals surface area contributed by atoms with Crippen LogP contribution in [0.5, 0.6) is 5.75 Å². The summed E-state index contributed by atoms with van der Waals surface area (Å²) in [6, 6.07) is 8.63. The van der Waals surface area contributed by atoms with Crippen LogP contribution in [0.3, 0.4) is 0 Å². The van der Waals surface area contributed by atoms with Crippen molar-refractivity contribution in [3.63, 3.8) is 0 Å². The summed E-state index contributed by atoms with van der Waals surface area (Å²) in [5.41, 5.74) is 1.27. The summed E-state index contributed by atoms with van der Waals surface area (Å²) in [4.78, 5) is 7.28. The Bertz CT molecular complexity index is 607. The van der Waals surface area contributed by atoms with Gasteiger partial charge in [-0.2, -0.15) is 11.8 Å². The molecule has 1 unspecified atom stereocenters. The van der Waals surface area contributed by atoms with Gasteiger partial charge in [-0.1, -0.05) is 12.1 Å². The van der Waals surface area contributed by atoms with E-state index in [-0.39, 0.29) is 34.8 Å². The standard InChI is InChI=1S/C21H36N4O2S.HI/c1-6-22-20(24-16-21(2,3)28-5)23-15-19(25-11-13-27-14-12-25)17-7-9-18(26-4)10-8-17;/h7-10,19H,6,11-16H2,1-5H3,(H2,22,23,24);1H. The Morgan fingerprint density at radius 3 is 2.45 bits per heavy atom. The molecule has 29 heavy (non-hydrogen) atoms. The highest BCUT2D eigenvalue weighted by Crippen LogP contribution is 2.24. The number of ether oxygens (including phenoxy) is 2. The number of methoxy groups -OCH3 is 1. The van der Waals surface area contributed by atoms with E-state index in [4.69, 9.17) is 14.5 Å². The fourth-order valence-electron chi connectivity index (χ4n) is 3.04. The van der Waals surface area contributed by atoms with Gasteiger partial charge >= 0.3 is 0 Å². The zero-order valence-corrected chi connectivity index (χ0v) is 21.5. The fourth-order valence-corrected chi connectivity index (χ4v) is 3.24. The van der Waals surface area contributed by atoms with E-state index >= 15 is 0 Å². The van der Waals surface area contributed by atoms with E-state index in [0.29, 0.717) is 0 Å². The number of guanidine groups is 1. The smallest absolute Gasteiger partial charge is 0.191 e. The van der Waals surface area contributed by atoms with E-state index in [1.54, 1.807) is 7.11 Å². The second kappa shape index (κ2) is 13.6. The molecule has 1 aromatic rings. The first-order chi connectivity index (χ1) is 13.5. The molecule has 6 nitrogen and oxygen atoms in total. The van der Waals surface area contributed by atoms with Crippen molar-refractivity contribution in [3.05, 3.63) is 29.8 Å². The third-order valence-corrected chi connectivity index (χ3v) is 6.20. The van der Waals surface area contributed by atoms with Gasteiger partial charge in [0.15, 0.2) is 5.96 Å². The summed E-state index contributed by atoms with van der Waals surface area (Å²) in [5, 5.41) is 6.93. The molecule has 1 fully saturated rings. The molecule has 0 saturated carbocycles. The average Bonchev–Trinajstić information content (AvgIpc) is 2.73. The summed E-state index contributed by atoms with van der Waals surface area (Å²) >= 11 is 1.84. The van der Waals surface area contributed by atoms with E-state index in [9.17, 15) is 0 Å². The van der Waals surface area contributed by atoms with Crippen LogP contribution in [0.15, 0.2) is 29.3 Å². The molecule has 0 radical (unpaired) electrons. The maximum atomic E-state index is 5.55. The lowest BCUT2D eigenvalue weighted by molar-refractivity contribution is 0.0170. The largest absolute Gasteiger partial charge is 0.497 e. The number of hydrogen-bond donors (Lipinski definition) is 2. The molecule has 1 heterocycles. The van der Waals surface area contributed by atoms with Crippen LogP contribution in [0.25, 0.3) is 0 Å². The monoisotopic (exact) mass is 536 g/mol. The average molecular weight is 537 g/mol. The van der Waals surface area contributed by atoms with Crippen LogP contribution in [0.4, 0.5) is 0 Å². The minimum atomic E-state index is 0. The molecular weight excluding hydrogens is 499 g/mol. The minimum absolute atomic E-state index is 0. The predicted octanol–water partition coefficient (Wildman–Crippen LogP) is 3.38. The van der Waals surface area contributed by atoms with E-state index in [1.165, 1.54) is 5.56 Å². The Labute approximate surface area is 197 Å². The molecule has 2 rings (SSSR count). The second-order valence-electron chi connectivity index (χ2n) is 7.48. The van der Waals surface area contributed by atoms with Crippen molar-refractivity contribution in [3.8, 4) is 5.75 Å². The van der Waals surface area contributed by atoms with E-state index in [1.807, 2.05) is 23.9 Å². The molecule has 1 aromatic carbocycles. The van der Waals surface area contributed by atoms with Crippen LogP contribution in [0, 0.1) is 0 Å². The second-order valence-corrected chi connectivity index (χ2v) is 8.99. The number of thioether (sulfide) groups is 1. The molecule has 0 spiro atoms. The number of nitrogens with one attached hydrogen (secondary N) is 2. The van der Waals surface area contributed by atoms with Gasteiger partial charge in [-0.15, -0.1) is 24.0 Å². The molecular formula is C21H37IN4O2S. The van der Waals surface area contributed by atoms with Crippen LogP contribution in [-0.4, -0.2) is 74.9 Å². The number of hydrogen-bond acceptors (Lipinski definition) is 5. The number of nitrogens with zero attached hydrogens (tertiary/aromatic N) is 2. The van der Waals surface area contributed by atoms with Gasteiger partial charge in [0.05, 0.1) is 32.9 Å². The third kappa shape index (κ3) is 8.90. The third-order valence-electron chi connectivity index (χ3n) is 4.96. The topological polar surface area (TPSA) is 58.1 Å². The molecule has 166 valence electrons. The molecule has 8 heteroatoms. The van der Waals surface area contributed by atoms with Crippen molar-refractivity contribution in [2.75, 3.05) is 59.3 Å². The Morgan fingerprint density at radius 2 is 1.90 bits per heavy atom. The van der Waals surface area contributed by atoms with Crippen LogP contribution in [0.1, 0.15) is 32.4 Å². The van der Waals surface area contributed by atoms with Gasteiger partial charge in [0.1, 0.15) is 5.75 Å². The lowest BCUT2D eigenvalue weighted by Gasteiger charge is -2.35. The molecule has 1 atom stereocenters. The maximum absolute atomic E-state index is 5.55. The maximum Gasteiger partial charge on any atom is 0.191 e. The number of aliphatic imine (C=N–C) groups is 1. The lowest BCUT2D eigenvalue weighted by Crippen LogP contribution is -2.46. The normalized spacial score (nSPS) is 16.7. The van der Waals surface area contributed by atoms with Gasteiger partial charge in [0.25, 0.3) is 0 Å². The van der Waals surface area contributed by atoms with Gasteiger partial charge < -0.3 is 20.1 Å². The van der Waals surface area contributed by atoms with Gasteiger partial charge in [0, 0.05) is 30.9 Å². The first kappa shape index (κ1) is 26.3. The van der Waals surface area contributed by atoms with Crippen LogP contribution in [0.2, 0.25) is 0 Å². The Balaban J connectivity index is 0.00000420. The van der Waals surface area contributed by atoms with Crippen molar-refractivity contribution in [2.24, 2.45) is 4.99 Å². The van der Waals surface area contributed by atoms with Crippen LogP contribution < -0.4 is 15.4 Å². The highest BCUT2D eigenvalue weighted by molar-refractivity contribution is 14.0. The van der Waals surface area contributed by atoms with Crippen LogP contribution >= 0.6 is 35.7 Å². The molecule has 0 amide bonds. The zero-order valence-electron chi connectivity index (χ0n) is 18.4. The highest BCUT2D eigenvalue weighted by atomic mass is 127. The van der Waals surface area contributed by atoms with Crippen molar-refractivity contribution in [2.45, 2.75) is 31.6 Å². The van der Waals surface area contributed by atoms with Crippen molar-refractivity contribution >= 4 is 41.7 Å². The number of halogens is 1. The summed E-state index contributed by atoms with van der Waals surface area (Å²) in [7, 11) is 1.70. The van der Waals surface area contributed by atoms with E-state index < -0.39 is 0 Å². The summed E-state index contributed by atoms with van der Waals surface area (Å²) < 4.78 is 11.0. The molecule has 2 N–H and O–H groups in total. The van der Waals surface area contributed by atoms with E-state index in [0.717, 1.165) is 57.6 Å². The summed E-state index contributed by atoms with van der Waals surface area (Å²) in [5.74, 6) is 1.75. The molecule has 0 bridgehead atoms. The predicted molar refractivity (Wildman–Crippen MR) is 135 cm³/mol. The van der Waals surface area contributed by atoms with Gasteiger partial charge in [-0.3, -0.25) is 9.89 Å². The fraction of sp³-hybridized carbons (Fsp3) is 0.667. The number of benzene rings is 1. The summed E-state index contributed by atoms with van der Waals surface area (Å²) in [6.07, 6.45) is 2.13. The first-order valence-corrected chi connectivity index (χ1v) is 11.2. The van der Waals surface area contributed by atoms with Crippen molar-refractivity contribution in [1.29, 1.82) is 0 Å². The molecule has 0 aromatic heterocycles. The van der Waals surface area contributed by atoms with Gasteiger partial charge in [-0.05, 0) is 44.7 Å². The Kier molecular flexibility index (Phi) is 12.3. The SMILES string of the molecule is CCNC(=NCC(C)(C)SC)NCC(c1ccc(OC)cc1)N1CCOCC1.I. The highest BCUT2D eigenvalue weighted by Gasteiger charge is 2.23. The number of morpholine rings is 1. The summed E-state index contributed by atoms with van der Waals surface area (Å²) in [6.45, 7) is 12.4. The first-order valence-electron chi connectivity index (χ1n) is 10.0. The Morgan fingerprint density at radius 1 is 1.24 bits per heavy atom. The lowest BCUT2D eigenvalue weighted by atomic mass is 10.0. The van der Waals surface area contributed by atoms with Gasteiger partial charge in [-0.25, -0.2) is 0 Å². The zero-order chi connectivity index (χ0) is 20.4. The molecule has 1 aliphatic rings. The minimum Gasteiger partial charge on any atom is -0.497 e. The van der Waals surface area contributed by atoms with E-state index in [2.05, 4.69) is 54.7 Å². The van der Waals surface area contributed by atoms with Crippen LogP contribution in [-0.2, 0) is 4.74 Å². The molecule has 1 saturated heterocycles. The Hall–Kier alpha value is -0.710. The van der Waals surface area contributed by atoms with Gasteiger partial charge in [0.2, 0.25) is 0 Å². The quantitative estimate of drug-likeness (QED) is 0.287. The molecule has 0 aliphatic carbocycles. The van der Waals surface area contributed by atoms with Crippen molar-refractivity contribution in [1.82, 2.24) is 15.5 Å². The van der Waals surface area contributed by atoms with Crippen molar-refractivity contribution < 1.29 is 9.47 Å². The number of rotatable bonds is 9. The molecule has 1 aliphatic heterocycles.